The molecule has 0 atom stereocenters. The van der Waals surface area contributed by atoms with E-state index in [0.717, 1.165) is 6.07 Å². The largest absolute Gasteiger partial charge is 0.370 e. The van der Waals surface area contributed by atoms with E-state index in [0.29, 0.717) is 25.3 Å². The summed E-state index contributed by atoms with van der Waals surface area (Å²) >= 11 is 0. The van der Waals surface area contributed by atoms with Gasteiger partial charge in [-0.2, -0.15) is 0 Å². The minimum atomic E-state index is -1.47. The Hall–Kier alpha value is -1.82. The van der Waals surface area contributed by atoms with Gasteiger partial charge < -0.3 is 11.1 Å². The molecule has 1 aromatic heterocycles. The van der Waals surface area contributed by atoms with Crippen LogP contribution in [0.3, 0.4) is 0 Å². The van der Waals surface area contributed by atoms with E-state index in [2.05, 4.69) is 10.3 Å². The lowest BCUT2D eigenvalue weighted by molar-refractivity contribution is 0.453. The highest BCUT2D eigenvalue weighted by Gasteiger charge is 2.15. The van der Waals surface area contributed by atoms with Gasteiger partial charge in [0.25, 0.3) is 0 Å². The molecule has 0 aliphatic rings. The highest BCUT2D eigenvalue weighted by Crippen LogP contribution is 2.27. The zero-order valence-electron chi connectivity index (χ0n) is 9.51. The molecule has 3 N–H and O–H groups in total. The second-order valence-corrected chi connectivity index (χ2v) is 3.81. The van der Waals surface area contributed by atoms with Crippen LogP contribution < -0.4 is 11.1 Å². The van der Waals surface area contributed by atoms with Gasteiger partial charge in [-0.25, -0.2) is 18.2 Å². The van der Waals surface area contributed by atoms with Gasteiger partial charge in [-0.15, -0.1) is 0 Å². The maximum absolute atomic E-state index is 13.5. The maximum Gasteiger partial charge on any atom is 0.195 e. The van der Waals surface area contributed by atoms with Gasteiger partial charge in [-0.05, 0) is 25.1 Å². The van der Waals surface area contributed by atoms with Gasteiger partial charge in [-0.3, -0.25) is 0 Å². The number of nitrogens with one attached hydrogen (secondary N) is 1. The summed E-state index contributed by atoms with van der Waals surface area (Å²) in [5.74, 6) is -3.58. The monoisotopic (exact) mass is 255 g/mol. The van der Waals surface area contributed by atoms with Crippen molar-refractivity contribution in [1.82, 2.24) is 4.98 Å². The fraction of sp³-hybridized carbons (Fsp3) is 0.250. The minimum Gasteiger partial charge on any atom is -0.370 e. The molecule has 0 unspecified atom stereocenters. The van der Waals surface area contributed by atoms with Crippen LogP contribution in [0.5, 0.6) is 0 Å². The molecular formula is C12H12F3N3. The number of hydrogen-bond donors (Lipinski definition) is 2. The molecule has 0 aliphatic carbocycles. The molecule has 0 radical (unpaired) electrons. The van der Waals surface area contributed by atoms with Crippen LogP contribution in [-0.4, -0.2) is 18.1 Å². The van der Waals surface area contributed by atoms with E-state index < -0.39 is 17.5 Å². The van der Waals surface area contributed by atoms with Crippen LogP contribution in [0.2, 0.25) is 0 Å². The molecule has 0 saturated carbocycles. The van der Waals surface area contributed by atoms with E-state index in [1.807, 2.05) is 0 Å². The minimum absolute atomic E-state index is 0.000788. The molecule has 0 aliphatic heterocycles. The predicted molar refractivity (Wildman–Crippen MR) is 63.8 cm³/mol. The SMILES string of the molecule is NCCCNc1nccc2c(F)c(F)c(F)cc12. The van der Waals surface area contributed by atoms with Crippen molar-refractivity contribution in [2.75, 3.05) is 18.4 Å². The van der Waals surface area contributed by atoms with Crippen molar-refractivity contribution in [1.29, 1.82) is 0 Å². The first-order chi connectivity index (χ1) is 8.65. The summed E-state index contributed by atoms with van der Waals surface area (Å²) in [4.78, 5) is 3.98. The molecule has 0 saturated heterocycles. The third kappa shape index (κ3) is 2.24. The number of fused-ring (bicyclic) bond motifs is 1. The van der Waals surface area contributed by atoms with Gasteiger partial charge in [0, 0.05) is 23.5 Å². The Morgan fingerprint density at radius 1 is 1.17 bits per heavy atom. The van der Waals surface area contributed by atoms with Crippen LogP contribution in [0.1, 0.15) is 6.42 Å². The van der Waals surface area contributed by atoms with Crippen molar-refractivity contribution in [2.24, 2.45) is 5.73 Å². The van der Waals surface area contributed by atoms with Crippen LogP contribution in [0.15, 0.2) is 18.3 Å². The second kappa shape index (κ2) is 5.22. The molecular weight excluding hydrogens is 243 g/mol. The van der Waals surface area contributed by atoms with Crippen LogP contribution >= 0.6 is 0 Å². The van der Waals surface area contributed by atoms with E-state index in [9.17, 15) is 13.2 Å². The van der Waals surface area contributed by atoms with Gasteiger partial charge in [0.15, 0.2) is 17.5 Å². The van der Waals surface area contributed by atoms with E-state index in [1.165, 1.54) is 12.3 Å². The fourth-order valence-electron chi connectivity index (χ4n) is 1.67. The summed E-state index contributed by atoms with van der Waals surface area (Å²) in [7, 11) is 0. The van der Waals surface area contributed by atoms with Crippen molar-refractivity contribution in [3.63, 3.8) is 0 Å². The number of anilines is 1. The first-order valence-corrected chi connectivity index (χ1v) is 5.51. The molecule has 1 heterocycles. The maximum atomic E-state index is 13.5. The summed E-state index contributed by atoms with van der Waals surface area (Å²) in [5, 5.41) is 3.13. The third-order valence-electron chi connectivity index (χ3n) is 2.57. The van der Waals surface area contributed by atoms with Crippen molar-refractivity contribution >= 4 is 16.6 Å². The van der Waals surface area contributed by atoms with Gasteiger partial charge in [-0.1, -0.05) is 0 Å². The number of nitrogens with two attached hydrogens (primary N) is 1. The molecule has 0 bridgehead atoms. The second-order valence-electron chi connectivity index (χ2n) is 3.81. The van der Waals surface area contributed by atoms with Crippen LogP contribution in [0, 0.1) is 17.5 Å². The Kier molecular flexibility index (Phi) is 3.66. The topological polar surface area (TPSA) is 50.9 Å². The molecule has 3 nitrogen and oxygen atoms in total. The van der Waals surface area contributed by atoms with Crippen LogP contribution in [0.25, 0.3) is 10.8 Å². The van der Waals surface area contributed by atoms with Gasteiger partial charge in [0.2, 0.25) is 0 Å². The van der Waals surface area contributed by atoms with Crippen molar-refractivity contribution in [2.45, 2.75) is 6.42 Å². The number of halogens is 3. The molecule has 6 heteroatoms. The Balaban J connectivity index is 2.49. The highest BCUT2D eigenvalue weighted by atomic mass is 19.2. The summed E-state index contributed by atoms with van der Waals surface area (Å²) < 4.78 is 39.8. The first kappa shape index (κ1) is 12.6. The van der Waals surface area contributed by atoms with Gasteiger partial charge in [0.1, 0.15) is 5.82 Å². The smallest absolute Gasteiger partial charge is 0.195 e. The number of rotatable bonds is 4. The van der Waals surface area contributed by atoms with Crippen molar-refractivity contribution < 1.29 is 13.2 Å². The zero-order valence-corrected chi connectivity index (χ0v) is 9.51. The van der Waals surface area contributed by atoms with E-state index in [-0.39, 0.29) is 10.8 Å². The number of benzene rings is 1. The fourth-order valence-corrected chi connectivity index (χ4v) is 1.67. The Morgan fingerprint density at radius 3 is 2.67 bits per heavy atom. The molecule has 1 aromatic carbocycles. The third-order valence-corrected chi connectivity index (χ3v) is 2.57. The van der Waals surface area contributed by atoms with Crippen LogP contribution in [-0.2, 0) is 0 Å². The number of aromatic nitrogens is 1. The van der Waals surface area contributed by atoms with Gasteiger partial charge >= 0.3 is 0 Å². The number of hydrogen-bond acceptors (Lipinski definition) is 3. The van der Waals surface area contributed by atoms with Gasteiger partial charge in [0.05, 0.1) is 0 Å². The molecule has 2 rings (SSSR count). The normalized spacial score (nSPS) is 10.9. The molecule has 2 aromatic rings. The standard InChI is InChI=1S/C12H12F3N3/c13-9-6-8-7(10(14)11(9)15)2-5-18-12(8)17-4-1-3-16/h2,5-6H,1,3-4,16H2,(H,17,18). The molecule has 0 spiro atoms. The average Bonchev–Trinajstić information content (AvgIpc) is 2.37. The van der Waals surface area contributed by atoms with Crippen LogP contribution in [0.4, 0.5) is 19.0 Å². The van der Waals surface area contributed by atoms with E-state index in [1.54, 1.807) is 0 Å². The molecule has 0 amide bonds. The zero-order chi connectivity index (χ0) is 13.1. The predicted octanol–water partition coefficient (Wildman–Crippen LogP) is 2.41. The number of nitrogens with zero attached hydrogens (tertiary/aromatic N) is 1. The molecule has 96 valence electrons. The van der Waals surface area contributed by atoms with E-state index >= 15 is 0 Å². The summed E-state index contributed by atoms with van der Waals surface area (Å²) in [6.07, 6.45) is 2.04. The highest BCUT2D eigenvalue weighted by molar-refractivity contribution is 5.92. The quantitative estimate of drug-likeness (QED) is 0.651. The first-order valence-electron chi connectivity index (χ1n) is 5.51. The summed E-state index contributed by atoms with van der Waals surface area (Å²) in [6, 6.07) is 2.24. The van der Waals surface area contributed by atoms with Crippen molar-refractivity contribution in [3.8, 4) is 0 Å². The van der Waals surface area contributed by atoms with E-state index in [4.69, 9.17) is 5.73 Å². The Labute approximate surface area is 102 Å². The number of pyridine rings is 1. The summed E-state index contributed by atoms with van der Waals surface area (Å²) in [5.41, 5.74) is 5.34. The Bertz CT molecular complexity index is 572. The average molecular weight is 255 g/mol. The van der Waals surface area contributed by atoms with Crippen molar-refractivity contribution in [3.05, 3.63) is 35.8 Å². The molecule has 0 fully saturated rings. The summed E-state index contributed by atoms with van der Waals surface area (Å²) in [6.45, 7) is 1.03. The lowest BCUT2D eigenvalue weighted by Gasteiger charge is -2.09. The Morgan fingerprint density at radius 2 is 1.94 bits per heavy atom. The molecule has 18 heavy (non-hydrogen) atoms. The lowest BCUT2D eigenvalue weighted by Crippen LogP contribution is -2.09. The lowest BCUT2D eigenvalue weighted by atomic mass is 10.1.